The van der Waals surface area contributed by atoms with Crippen LogP contribution in [0.15, 0.2) is 41.3 Å². The first-order valence-electron chi connectivity index (χ1n) is 5.45. The molecule has 0 fully saturated rings. The molecule has 2 rings (SSSR count). The molecule has 21 heavy (non-hydrogen) atoms. The van der Waals surface area contributed by atoms with Crippen molar-refractivity contribution in [1.82, 2.24) is 0 Å². The highest BCUT2D eigenvalue weighted by Gasteiger charge is 2.20. The highest BCUT2D eigenvalue weighted by Crippen LogP contribution is 2.39. The number of rotatable bonds is 3. The van der Waals surface area contributed by atoms with E-state index in [2.05, 4.69) is 0 Å². The Morgan fingerprint density at radius 1 is 1.19 bits per heavy atom. The van der Waals surface area contributed by atoms with Gasteiger partial charge in [-0.15, -0.1) is 0 Å². The predicted molar refractivity (Wildman–Crippen MR) is 75.0 cm³/mol. The molecule has 0 aliphatic heterocycles. The zero-order valence-corrected chi connectivity index (χ0v) is 11.8. The van der Waals surface area contributed by atoms with Crippen LogP contribution in [-0.2, 0) is 10.1 Å². The smallest absolute Gasteiger partial charge is 0.312 e. The fraction of sp³-hybridized carbons (Fsp3) is 0. The van der Waals surface area contributed by atoms with Crippen molar-refractivity contribution in [2.24, 2.45) is 0 Å². The highest BCUT2D eigenvalue weighted by molar-refractivity contribution is 7.85. The molecule has 0 saturated heterocycles. The molecule has 0 aliphatic rings. The van der Waals surface area contributed by atoms with Gasteiger partial charge in [-0.2, -0.15) is 8.42 Å². The van der Waals surface area contributed by atoms with Crippen LogP contribution < -0.4 is 0 Å². The molecule has 110 valence electrons. The summed E-state index contributed by atoms with van der Waals surface area (Å²) >= 11 is 5.76. The number of nitro groups is 1. The minimum absolute atomic E-state index is 0.00626. The molecule has 0 saturated carbocycles. The molecular weight excluding hydrogens is 322 g/mol. The Morgan fingerprint density at radius 3 is 2.43 bits per heavy atom. The topological polar surface area (TPSA) is 118 Å². The lowest BCUT2D eigenvalue weighted by Crippen LogP contribution is -1.98. The van der Waals surface area contributed by atoms with Crippen molar-refractivity contribution in [2.75, 3.05) is 0 Å². The van der Waals surface area contributed by atoms with Gasteiger partial charge in [-0.1, -0.05) is 23.7 Å². The van der Waals surface area contributed by atoms with Crippen molar-refractivity contribution >= 4 is 27.4 Å². The summed E-state index contributed by atoms with van der Waals surface area (Å²) in [5.74, 6) is -0.642. The number of nitro benzene ring substituents is 1. The summed E-state index contributed by atoms with van der Waals surface area (Å²) in [7, 11) is -4.43. The molecular formula is C12H8ClNO6S. The summed E-state index contributed by atoms with van der Waals surface area (Å²) in [6.07, 6.45) is 0. The Morgan fingerprint density at radius 2 is 1.86 bits per heavy atom. The van der Waals surface area contributed by atoms with E-state index in [0.717, 1.165) is 18.2 Å². The first kappa shape index (κ1) is 15.2. The van der Waals surface area contributed by atoms with Gasteiger partial charge in [-0.05, 0) is 23.8 Å². The molecule has 0 bridgehead atoms. The molecule has 0 amide bonds. The molecule has 0 heterocycles. The number of aromatic hydroxyl groups is 1. The van der Waals surface area contributed by atoms with Crippen molar-refractivity contribution in [2.45, 2.75) is 4.90 Å². The third-order valence-corrected chi connectivity index (χ3v) is 3.76. The van der Waals surface area contributed by atoms with E-state index >= 15 is 0 Å². The van der Waals surface area contributed by atoms with Crippen molar-refractivity contribution in [3.8, 4) is 16.9 Å². The van der Waals surface area contributed by atoms with Crippen LogP contribution in [0, 0.1) is 10.1 Å². The third-order valence-electron chi connectivity index (χ3n) is 2.69. The number of phenols is 1. The van der Waals surface area contributed by atoms with Gasteiger partial charge in [0.2, 0.25) is 5.75 Å². The Hall–Kier alpha value is -2.16. The average Bonchev–Trinajstić information content (AvgIpc) is 2.40. The number of halogens is 1. The van der Waals surface area contributed by atoms with Crippen molar-refractivity contribution < 1.29 is 23.0 Å². The maximum Gasteiger partial charge on any atom is 0.312 e. The van der Waals surface area contributed by atoms with Crippen LogP contribution in [0.4, 0.5) is 5.69 Å². The molecule has 0 atom stereocenters. The summed E-state index contributed by atoms with van der Waals surface area (Å²) in [6.45, 7) is 0. The van der Waals surface area contributed by atoms with E-state index in [1.807, 2.05) is 0 Å². The van der Waals surface area contributed by atoms with Crippen LogP contribution in [0.2, 0.25) is 5.02 Å². The molecule has 0 aliphatic carbocycles. The molecule has 9 heteroatoms. The first-order valence-corrected chi connectivity index (χ1v) is 7.27. The maximum absolute atomic E-state index is 11.1. The van der Waals surface area contributed by atoms with E-state index in [1.54, 1.807) is 0 Å². The second-order valence-electron chi connectivity index (χ2n) is 4.08. The van der Waals surface area contributed by atoms with Crippen LogP contribution in [0.5, 0.6) is 5.75 Å². The van der Waals surface area contributed by atoms with Gasteiger partial charge in [-0.25, -0.2) is 0 Å². The molecule has 7 nitrogen and oxygen atoms in total. The monoisotopic (exact) mass is 329 g/mol. The first-order chi connectivity index (χ1) is 9.70. The zero-order valence-electron chi connectivity index (χ0n) is 10.2. The largest absolute Gasteiger partial charge is 0.502 e. The van der Waals surface area contributed by atoms with Crippen LogP contribution in [0.3, 0.4) is 0 Å². The van der Waals surface area contributed by atoms with Gasteiger partial charge < -0.3 is 5.11 Å². The van der Waals surface area contributed by atoms with Crippen molar-refractivity contribution in [1.29, 1.82) is 0 Å². The number of phenolic OH excluding ortho intramolecular Hbond substituents is 1. The summed E-state index contributed by atoms with van der Waals surface area (Å²) in [5.41, 5.74) is -0.456. The normalized spacial score (nSPS) is 11.3. The second-order valence-corrected chi connectivity index (χ2v) is 5.94. The molecule has 0 radical (unpaired) electrons. The van der Waals surface area contributed by atoms with E-state index < -0.39 is 31.4 Å². The lowest BCUT2D eigenvalue weighted by atomic mass is 10.0. The zero-order chi connectivity index (χ0) is 15.8. The third kappa shape index (κ3) is 3.13. The van der Waals surface area contributed by atoms with Crippen LogP contribution in [-0.4, -0.2) is 23.0 Å². The predicted octanol–water partition coefficient (Wildman–Crippen LogP) is 2.87. The number of benzene rings is 2. The fourth-order valence-corrected chi connectivity index (χ4v) is 2.51. The number of hydrogen-bond donors (Lipinski definition) is 2. The molecule has 2 N–H and O–H groups in total. The number of hydrogen-bond acceptors (Lipinski definition) is 5. The molecule has 0 unspecified atom stereocenters. The Labute approximate surface area is 124 Å². The van der Waals surface area contributed by atoms with Gasteiger partial charge in [-0.3, -0.25) is 14.7 Å². The summed E-state index contributed by atoms with van der Waals surface area (Å²) in [6, 6.07) is 7.20. The molecule has 0 aromatic heterocycles. The molecule has 0 spiro atoms. The van der Waals surface area contributed by atoms with E-state index in [0.29, 0.717) is 0 Å². The standard InChI is InChI=1S/C12H8ClNO6S/c13-8-5-10(12(15)11(6-8)14(16)17)7-2-1-3-9(4-7)21(18,19)20/h1-6,15H,(H,18,19,20). The van der Waals surface area contributed by atoms with Gasteiger partial charge in [0.15, 0.2) is 0 Å². The van der Waals surface area contributed by atoms with E-state index in [4.69, 9.17) is 16.2 Å². The fourth-order valence-electron chi connectivity index (χ4n) is 1.77. The quantitative estimate of drug-likeness (QED) is 0.508. The van der Waals surface area contributed by atoms with E-state index in [1.165, 1.54) is 18.2 Å². The molecule has 2 aromatic rings. The number of nitrogens with zero attached hydrogens (tertiary/aromatic N) is 1. The lowest BCUT2D eigenvalue weighted by Gasteiger charge is -2.07. The van der Waals surface area contributed by atoms with Crippen LogP contribution in [0.25, 0.3) is 11.1 Å². The minimum atomic E-state index is -4.43. The maximum atomic E-state index is 11.1. The van der Waals surface area contributed by atoms with Gasteiger partial charge in [0.25, 0.3) is 10.1 Å². The highest BCUT2D eigenvalue weighted by atomic mass is 35.5. The summed E-state index contributed by atoms with van der Waals surface area (Å²) < 4.78 is 31.2. The van der Waals surface area contributed by atoms with Crippen LogP contribution in [0.1, 0.15) is 0 Å². The lowest BCUT2D eigenvalue weighted by molar-refractivity contribution is -0.385. The van der Waals surface area contributed by atoms with Gasteiger partial charge in [0, 0.05) is 16.7 Å². The second kappa shape index (κ2) is 5.32. The summed E-state index contributed by atoms with van der Waals surface area (Å²) in [5, 5.41) is 20.8. The van der Waals surface area contributed by atoms with Gasteiger partial charge >= 0.3 is 5.69 Å². The minimum Gasteiger partial charge on any atom is -0.502 e. The van der Waals surface area contributed by atoms with Gasteiger partial charge in [0.05, 0.1) is 9.82 Å². The molecule has 2 aromatic carbocycles. The Balaban J connectivity index is 2.71. The van der Waals surface area contributed by atoms with Crippen LogP contribution >= 0.6 is 11.6 Å². The average molecular weight is 330 g/mol. The van der Waals surface area contributed by atoms with E-state index in [9.17, 15) is 23.6 Å². The van der Waals surface area contributed by atoms with Crippen molar-refractivity contribution in [3.05, 3.63) is 51.5 Å². The van der Waals surface area contributed by atoms with E-state index in [-0.39, 0.29) is 16.1 Å². The summed E-state index contributed by atoms with van der Waals surface area (Å²) in [4.78, 5) is 9.63. The Bertz CT molecular complexity index is 834. The van der Waals surface area contributed by atoms with Gasteiger partial charge in [0.1, 0.15) is 0 Å². The van der Waals surface area contributed by atoms with Crippen molar-refractivity contribution in [3.63, 3.8) is 0 Å². The SMILES string of the molecule is O=[N+]([O-])c1cc(Cl)cc(-c2cccc(S(=O)(=O)O)c2)c1O. The Kier molecular flexibility index (Phi) is 3.86.